The second kappa shape index (κ2) is 10.0. The first kappa shape index (κ1) is 27.0. The van der Waals surface area contributed by atoms with Crippen LogP contribution in [0.15, 0.2) is 42.5 Å². The number of thiophene rings is 1. The zero-order valence-corrected chi connectivity index (χ0v) is 21.8. The van der Waals surface area contributed by atoms with Crippen molar-refractivity contribution in [1.29, 1.82) is 0 Å². The van der Waals surface area contributed by atoms with E-state index in [1.54, 1.807) is 29.2 Å². The molecule has 1 saturated heterocycles. The molecule has 1 aliphatic rings. The molecule has 2 aromatic carbocycles. The van der Waals surface area contributed by atoms with Crippen molar-refractivity contribution < 1.29 is 32.6 Å². The van der Waals surface area contributed by atoms with Crippen molar-refractivity contribution in [2.75, 3.05) is 29.9 Å². The van der Waals surface area contributed by atoms with Gasteiger partial charge in [0.2, 0.25) is 0 Å². The molecule has 0 saturated carbocycles. The number of aliphatic hydroxyl groups is 1. The molecule has 1 aliphatic heterocycles. The number of nitrogens with zero attached hydrogens (tertiary/aromatic N) is 1. The lowest BCUT2D eigenvalue weighted by Crippen LogP contribution is -2.42. The van der Waals surface area contributed by atoms with Gasteiger partial charge in [-0.05, 0) is 61.9 Å². The van der Waals surface area contributed by atoms with E-state index < -0.39 is 33.7 Å². The lowest BCUT2D eigenvalue weighted by Gasteiger charge is -2.40. The fraction of sp³-hybridized carbons (Fsp3) is 0.280. The number of amides is 2. The van der Waals surface area contributed by atoms with E-state index in [9.17, 15) is 32.6 Å². The van der Waals surface area contributed by atoms with Gasteiger partial charge in [0.25, 0.3) is 11.8 Å². The zero-order chi connectivity index (χ0) is 27.1. The highest BCUT2D eigenvalue weighted by Crippen LogP contribution is 2.41. The molecular weight excluding hydrogens is 524 g/mol. The van der Waals surface area contributed by atoms with Crippen LogP contribution in [0.5, 0.6) is 0 Å². The molecule has 198 valence electrons. The lowest BCUT2D eigenvalue weighted by molar-refractivity contribution is 0.0765. The molecule has 0 aliphatic carbocycles. The van der Waals surface area contributed by atoms with E-state index in [-0.39, 0.29) is 57.1 Å². The third kappa shape index (κ3) is 5.94. The SMILES string of the molecule is CC(C)(O)c1cc(F)c(-c2cc(C(N)=O)c(Nc3ccc(C(=O)N4CCS(O)(O)CC4)cc3)s2)c(F)c1. The number of hydrogen-bond donors (Lipinski definition) is 5. The van der Waals surface area contributed by atoms with Crippen molar-refractivity contribution in [2.24, 2.45) is 5.73 Å². The van der Waals surface area contributed by atoms with Crippen molar-refractivity contribution >= 4 is 44.4 Å². The number of benzene rings is 2. The van der Waals surface area contributed by atoms with Crippen LogP contribution in [0.3, 0.4) is 0 Å². The number of carbonyl (C=O) groups is 2. The van der Waals surface area contributed by atoms with E-state index >= 15 is 0 Å². The van der Waals surface area contributed by atoms with Crippen LogP contribution in [0.25, 0.3) is 10.4 Å². The Kier molecular flexibility index (Phi) is 7.32. The summed E-state index contributed by atoms with van der Waals surface area (Å²) in [5.41, 5.74) is 4.76. The second-order valence-electron chi connectivity index (χ2n) is 9.30. The Morgan fingerprint density at radius 3 is 2.14 bits per heavy atom. The van der Waals surface area contributed by atoms with Crippen LogP contribution in [0, 0.1) is 11.6 Å². The lowest BCUT2D eigenvalue weighted by atomic mass is 9.96. The monoisotopic (exact) mass is 551 g/mol. The number of carbonyl (C=O) groups excluding carboxylic acids is 2. The molecule has 0 atom stereocenters. The molecule has 8 nitrogen and oxygen atoms in total. The molecule has 0 radical (unpaired) electrons. The van der Waals surface area contributed by atoms with Crippen LogP contribution in [0.4, 0.5) is 19.5 Å². The Hall–Kier alpha value is -3.03. The average Bonchev–Trinajstić information content (AvgIpc) is 3.21. The Balaban J connectivity index is 1.57. The molecule has 2 heterocycles. The summed E-state index contributed by atoms with van der Waals surface area (Å²) in [5.74, 6) is -2.50. The molecule has 1 aromatic heterocycles. The molecule has 37 heavy (non-hydrogen) atoms. The highest BCUT2D eigenvalue weighted by atomic mass is 32.3. The van der Waals surface area contributed by atoms with Crippen LogP contribution in [-0.4, -0.2) is 55.5 Å². The number of nitrogens with one attached hydrogen (secondary N) is 1. The number of halogens is 2. The summed E-state index contributed by atoms with van der Waals surface area (Å²) in [6.07, 6.45) is 0. The number of nitrogens with two attached hydrogens (primary N) is 1. The minimum Gasteiger partial charge on any atom is -0.386 e. The second-order valence-corrected chi connectivity index (χ2v) is 12.8. The summed E-state index contributed by atoms with van der Waals surface area (Å²) in [5, 5.41) is 13.4. The summed E-state index contributed by atoms with van der Waals surface area (Å²) in [6.45, 7) is 3.34. The fourth-order valence-electron chi connectivity index (χ4n) is 3.89. The van der Waals surface area contributed by atoms with E-state index in [1.165, 1.54) is 19.9 Å². The third-order valence-electron chi connectivity index (χ3n) is 6.05. The average molecular weight is 552 g/mol. The zero-order valence-electron chi connectivity index (χ0n) is 20.1. The van der Waals surface area contributed by atoms with E-state index in [4.69, 9.17) is 5.73 Å². The highest BCUT2D eigenvalue weighted by molar-refractivity contribution is 8.24. The van der Waals surface area contributed by atoms with Gasteiger partial charge in [0.1, 0.15) is 16.6 Å². The minimum absolute atomic E-state index is 0.0397. The van der Waals surface area contributed by atoms with Gasteiger partial charge in [0.05, 0.1) is 28.2 Å². The van der Waals surface area contributed by atoms with E-state index in [2.05, 4.69) is 5.32 Å². The smallest absolute Gasteiger partial charge is 0.253 e. The Morgan fingerprint density at radius 1 is 1.05 bits per heavy atom. The van der Waals surface area contributed by atoms with Crippen LogP contribution in [0.1, 0.15) is 40.1 Å². The topological polar surface area (TPSA) is 136 Å². The molecule has 3 aromatic rings. The first-order valence-corrected chi connectivity index (χ1v) is 14.0. The predicted octanol–water partition coefficient (Wildman–Crippen LogP) is 4.97. The van der Waals surface area contributed by atoms with Crippen LogP contribution in [0.2, 0.25) is 0 Å². The summed E-state index contributed by atoms with van der Waals surface area (Å²) < 4.78 is 49.2. The van der Waals surface area contributed by atoms with E-state index in [0.29, 0.717) is 11.3 Å². The molecule has 0 spiro atoms. The molecular formula is C25H27F2N3O5S2. The van der Waals surface area contributed by atoms with Gasteiger partial charge in [-0.25, -0.2) is 8.78 Å². The molecule has 0 unspecified atom stereocenters. The molecule has 12 heteroatoms. The largest absolute Gasteiger partial charge is 0.386 e. The summed E-state index contributed by atoms with van der Waals surface area (Å²) in [4.78, 5) is 26.5. The van der Waals surface area contributed by atoms with Crippen molar-refractivity contribution in [1.82, 2.24) is 4.90 Å². The van der Waals surface area contributed by atoms with Gasteiger partial charge in [-0.3, -0.25) is 18.7 Å². The normalized spacial score (nSPS) is 16.4. The maximum Gasteiger partial charge on any atom is 0.253 e. The summed E-state index contributed by atoms with van der Waals surface area (Å²) in [7, 11) is -2.61. The maximum atomic E-state index is 14.9. The van der Waals surface area contributed by atoms with Gasteiger partial charge >= 0.3 is 0 Å². The number of anilines is 2. The quantitative estimate of drug-likeness (QED) is 0.294. The van der Waals surface area contributed by atoms with Crippen LogP contribution < -0.4 is 11.1 Å². The van der Waals surface area contributed by atoms with Crippen molar-refractivity contribution in [3.63, 3.8) is 0 Å². The van der Waals surface area contributed by atoms with Crippen LogP contribution in [-0.2, 0) is 5.60 Å². The standard InChI is InChI=1S/C25H27F2N3O5S2/c1-25(2,33)15-11-18(26)21(19(27)12-15)20-13-17(22(28)31)23(36-20)29-16-5-3-14(4-6-16)24(32)30-7-9-37(34,35)10-8-30/h3-6,11-13,29,33-35H,7-10H2,1-2H3,(H2,28,31). The first-order chi connectivity index (χ1) is 17.2. The third-order valence-corrected chi connectivity index (χ3v) is 8.79. The van der Waals surface area contributed by atoms with Crippen molar-refractivity contribution in [3.05, 3.63) is 70.8 Å². The maximum absolute atomic E-state index is 14.9. The van der Waals surface area contributed by atoms with Gasteiger partial charge in [-0.15, -0.1) is 11.3 Å². The molecule has 1 fully saturated rings. The van der Waals surface area contributed by atoms with Gasteiger partial charge in [0.15, 0.2) is 0 Å². The van der Waals surface area contributed by atoms with Crippen molar-refractivity contribution in [3.8, 4) is 10.4 Å². The summed E-state index contributed by atoms with van der Waals surface area (Å²) >= 11 is 0.936. The van der Waals surface area contributed by atoms with E-state index in [1.807, 2.05) is 0 Å². The summed E-state index contributed by atoms with van der Waals surface area (Å²) in [6, 6.07) is 9.82. The highest BCUT2D eigenvalue weighted by Gasteiger charge is 2.27. The first-order valence-electron chi connectivity index (χ1n) is 11.3. The van der Waals surface area contributed by atoms with Crippen molar-refractivity contribution in [2.45, 2.75) is 19.4 Å². The fourth-order valence-corrected chi connectivity index (χ4v) is 6.25. The minimum atomic E-state index is -2.61. The predicted molar refractivity (Wildman–Crippen MR) is 142 cm³/mol. The molecule has 4 rings (SSSR count). The van der Waals surface area contributed by atoms with Gasteiger partial charge in [0, 0.05) is 29.2 Å². The molecule has 0 bridgehead atoms. The number of rotatable bonds is 6. The van der Waals surface area contributed by atoms with Gasteiger partial charge < -0.3 is 21.1 Å². The van der Waals surface area contributed by atoms with Gasteiger partial charge in [-0.1, -0.05) is 0 Å². The van der Waals surface area contributed by atoms with Gasteiger partial charge in [-0.2, -0.15) is 10.6 Å². The number of hydrogen-bond acceptors (Lipinski definition) is 7. The van der Waals surface area contributed by atoms with Crippen LogP contribution >= 0.6 is 21.9 Å². The Morgan fingerprint density at radius 2 is 1.62 bits per heavy atom. The van der Waals surface area contributed by atoms with E-state index in [0.717, 1.165) is 23.5 Å². The number of primary amides is 1. The Labute approximate surface area is 218 Å². The molecule has 2 amide bonds. The Bertz CT molecular complexity index is 1320. The molecule has 6 N–H and O–H groups in total.